The van der Waals surface area contributed by atoms with Crippen molar-refractivity contribution in [2.75, 3.05) is 12.4 Å². The Morgan fingerprint density at radius 1 is 1.26 bits per heavy atom. The summed E-state index contributed by atoms with van der Waals surface area (Å²) in [7, 11) is -3.37. The van der Waals surface area contributed by atoms with Gasteiger partial charge in [-0.1, -0.05) is 0 Å². The van der Waals surface area contributed by atoms with Gasteiger partial charge in [0.2, 0.25) is 0 Å². The van der Waals surface area contributed by atoms with Crippen LogP contribution in [0.5, 0.6) is 5.75 Å². The van der Waals surface area contributed by atoms with Crippen molar-refractivity contribution in [2.45, 2.75) is 31.1 Å². The highest BCUT2D eigenvalue weighted by atomic mass is 32.2. The van der Waals surface area contributed by atoms with Gasteiger partial charge >= 0.3 is 5.97 Å². The fourth-order valence-corrected chi connectivity index (χ4v) is 3.98. The summed E-state index contributed by atoms with van der Waals surface area (Å²) in [4.78, 5) is 23.8. The van der Waals surface area contributed by atoms with Crippen LogP contribution in [0.15, 0.2) is 28.9 Å². The van der Waals surface area contributed by atoms with E-state index in [1.165, 1.54) is 18.2 Å². The van der Waals surface area contributed by atoms with Gasteiger partial charge in [0.15, 0.2) is 15.6 Å². The predicted octanol–water partition coefficient (Wildman–Crippen LogP) is 1.95. The van der Waals surface area contributed by atoms with Gasteiger partial charge in [0, 0.05) is 24.5 Å². The lowest BCUT2D eigenvalue weighted by molar-refractivity contribution is -0.115. The second-order valence-corrected chi connectivity index (χ2v) is 7.63. The molecule has 0 amide bonds. The quantitative estimate of drug-likeness (QED) is 0.767. The Balaban J connectivity index is 1.92. The summed E-state index contributed by atoms with van der Waals surface area (Å²) in [5.41, 5.74) is 0.665. The van der Waals surface area contributed by atoms with E-state index in [0.717, 1.165) is 0 Å². The highest BCUT2D eigenvalue weighted by Gasteiger charge is 2.29. The number of benzene rings is 1. The number of allylic oxidation sites excluding steroid dienone is 2. The minimum Gasteiger partial charge on any atom is -0.491 e. The first-order valence-electron chi connectivity index (χ1n) is 7.33. The van der Waals surface area contributed by atoms with Crippen LogP contribution in [-0.2, 0) is 19.4 Å². The predicted molar refractivity (Wildman–Crippen MR) is 81.1 cm³/mol. The third-order valence-electron chi connectivity index (χ3n) is 3.92. The summed E-state index contributed by atoms with van der Waals surface area (Å²) in [6.07, 6.45) is 3.00. The van der Waals surface area contributed by atoms with Gasteiger partial charge in [0.1, 0.15) is 23.0 Å². The van der Waals surface area contributed by atoms with Crippen molar-refractivity contribution in [2.24, 2.45) is 0 Å². The van der Waals surface area contributed by atoms with Crippen LogP contribution in [0.2, 0.25) is 0 Å². The maximum atomic E-state index is 12.3. The number of sulfone groups is 1. The van der Waals surface area contributed by atoms with Crippen molar-refractivity contribution in [1.29, 1.82) is 0 Å². The van der Waals surface area contributed by atoms with Crippen LogP contribution in [0.3, 0.4) is 0 Å². The van der Waals surface area contributed by atoms with E-state index in [2.05, 4.69) is 0 Å². The first-order valence-corrected chi connectivity index (χ1v) is 8.98. The smallest absolute Gasteiger partial charge is 0.343 e. The average Bonchev–Trinajstić information content (AvgIpc) is 2.48. The summed E-state index contributed by atoms with van der Waals surface area (Å²) in [6, 6.07) is 2.79. The monoisotopic (exact) mass is 336 g/mol. The van der Waals surface area contributed by atoms with E-state index < -0.39 is 15.8 Å². The molecule has 0 unspecified atom stereocenters. The first kappa shape index (κ1) is 15.7. The Kier molecular flexibility index (Phi) is 3.97. The number of carbonyl (C=O) groups excluding carboxylic acids is 2. The molecule has 0 atom stereocenters. The van der Waals surface area contributed by atoms with Gasteiger partial charge in [-0.15, -0.1) is 0 Å². The lowest BCUT2D eigenvalue weighted by Gasteiger charge is -2.21. The lowest BCUT2D eigenvalue weighted by atomic mass is 10.0. The van der Waals surface area contributed by atoms with Gasteiger partial charge in [-0.25, -0.2) is 13.2 Å². The number of hydrogen-bond acceptors (Lipinski definition) is 6. The van der Waals surface area contributed by atoms with Crippen molar-refractivity contribution in [3.05, 3.63) is 35.1 Å². The van der Waals surface area contributed by atoms with Crippen LogP contribution in [-0.4, -0.2) is 32.5 Å². The van der Waals surface area contributed by atoms with Crippen molar-refractivity contribution in [3.63, 3.8) is 0 Å². The molecule has 7 heteroatoms. The van der Waals surface area contributed by atoms with Gasteiger partial charge in [-0.3, -0.25) is 4.79 Å². The van der Waals surface area contributed by atoms with Gasteiger partial charge in [0.25, 0.3) is 0 Å². The fraction of sp³-hybridized carbons (Fsp3) is 0.375. The van der Waals surface area contributed by atoms with Crippen molar-refractivity contribution < 1.29 is 27.5 Å². The molecule has 3 rings (SSSR count). The zero-order valence-corrected chi connectivity index (χ0v) is 13.4. The minimum absolute atomic E-state index is 0.0596. The topological polar surface area (TPSA) is 86.7 Å². The molecule has 6 nitrogen and oxygen atoms in total. The molecule has 0 radical (unpaired) electrons. The molecule has 1 aromatic carbocycles. The zero-order valence-electron chi connectivity index (χ0n) is 12.6. The van der Waals surface area contributed by atoms with E-state index in [0.29, 0.717) is 30.6 Å². The molecular weight excluding hydrogens is 320 g/mol. The Bertz CT molecular complexity index is 819. The van der Waals surface area contributed by atoms with Gasteiger partial charge in [-0.05, 0) is 25.5 Å². The second-order valence-electron chi connectivity index (χ2n) is 5.55. The molecule has 0 aromatic heterocycles. The number of ether oxygens (including phenoxy) is 2. The average molecular weight is 336 g/mol. The maximum absolute atomic E-state index is 12.3. The summed E-state index contributed by atoms with van der Waals surface area (Å²) in [6.45, 7) is 1.69. The van der Waals surface area contributed by atoms with E-state index in [-0.39, 0.29) is 34.4 Å². The number of ketones is 1. The molecule has 1 aromatic rings. The standard InChI is InChI=1S/C16H16O6S/c1-10-13(16(18)22-12-4-2-3-11(17)9-12)5-6-14-15(10)21-7-8-23(14,19)20/h5-6,9H,2-4,7-8H2,1H3. The molecule has 0 bridgehead atoms. The number of esters is 1. The molecule has 1 heterocycles. The normalized spacial score (nSPS) is 19.3. The molecule has 0 N–H and O–H groups in total. The highest BCUT2D eigenvalue weighted by Crippen LogP contribution is 2.34. The minimum atomic E-state index is -3.37. The summed E-state index contributed by atoms with van der Waals surface area (Å²) in [5, 5.41) is 0. The van der Waals surface area contributed by atoms with Crippen LogP contribution >= 0.6 is 0 Å². The van der Waals surface area contributed by atoms with E-state index in [9.17, 15) is 18.0 Å². The fourth-order valence-electron chi connectivity index (χ4n) is 2.69. The Labute approximate surface area is 134 Å². The molecule has 1 aliphatic heterocycles. The Morgan fingerprint density at radius 2 is 2.04 bits per heavy atom. The molecule has 0 saturated heterocycles. The van der Waals surface area contributed by atoms with Gasteiger partial charge in [-0.2, -0.15) is 0 Å². The molecule has 0 fully saturated rings. The molecule has 0 spiro atoms. The van der Waals surface area contributed by atoms with Crippen LogP contribution in [0.25, 0.3) is 0 Å². The van der Waals surface area contributed by atoms with Crippen molar-refractivity contribution >= 4 is 21.6 Å². The maximum Gasteiger partial charge on any atom is 0.343 e. The van der Waals surface area contributed by atoms with Crippen LogP contribution in [0, 0.1) is 6.92 Å². The van der Waals surface area contributed by atoms with Gasteiger partial charge < -0.3 is 9.47 Å². The lowest BCUT2D eigenvalue weighted by Crippen LogP contribution is -2.22. The molecule has 122 valence electrons. The summed E-state index contributed by atoms with van der Waals surface area (Å²) >= 11 is 0. The van der Waals surface area contributed by atoms with Crippen molar-refractivity contribution in [3.8, 4) is 5.75 Å². The Hall–Kier alpha value is -2.15. The number of carbonyl (C=O) groups is 2. The second kappa shape index (κ2) is 5.81. The van der Waals surface area contributed by atoms with E-state index in [1.807, 2.05) is 0 Å². The molecular formula is C16H16O6S. The summed E-state index contributed by atoms with van der Waals surface area (Å²) in [5.74, 6) is -0.192. The van der Waals surface area contributed by atoms with E-state index in [4.69, 9.17) is 9.47 Å². The molecule has 0 saturated carbocycles. The highest BCUT2D eigenvalue weighted by molar-refractivity contribution is 7.91. The van der Waals surface area contributed by atoms with Crippen LogP contribution < -0.4 is 4.74 Å². The summed E-state index contributed by atoms with van der Waals surface area (Å²) < 4.78 is 34.7. The SMILES string of the molecule is Cc1c(C(=O)OC2=CC(=O)CCC2)ccc2c1OCCS2(=O)=O. The van der Waals surface area contributed by atoms with Gasteiger partial charge in [0.05, 0.1) is 11.3 Å². The number of hydrogen-bond donors (Lipinski definition) is 0. The third kappa shape index (κ3) is 3.01. The largest absolute Gasteiger partial charge is 0.491 e. The number of fused-ring (bicyclic) bond motifs is 1. The first-order chi connectivity index (χ1) is 10.9. The van der Waals surface area contributed by atoms with E-state index >= 15 is 0 Å². The van der Waals surface area contributed by atoms with Crippen LogP contribution in [0.1, 0.15) is 35.2 Å². The molecule has 1 aliphatic carbocycles. The number of rotatable bonds is 2. The zero-order chi connectivity index (χ0) is 16.6. The van der Waals surface area contributed by atoms with E-state index in [1.54, 1.807) is 6.92 Å². The molecule has 23 heavy (non-hydrogen) atoms. The Morgan fingerprint density at radius 3 is 2.78 bits per heavy atom. The van der Waals surface area contributed by atoms with Crippen LogP contribution in [0.4, 0.5) is 0 Å². The van der Waals surface area contributed by atoms with Crippen molar-refractivity contribution in [1.82, 2.24) is 0 Å². The third-order valence-corrected chi connectivity index (χ3v) is 5.61. The molecule has 2 aliphatic rings.